The van der Waals surface area contributed by atoms with E-state index in [0.717, 1.165) is 32.0 Å². The van der Waals surface area contributed by atoms with Crippen molar-refractivity contribution in [1.29, 1.82) is 0 Å². The van der Waals surface area contributed by atoms with Gasteiger partial charge in [0.25, 0.3) is 5.91 Å². The summed E-state index contributed by atoms with van der Waals surface area (Å²) in [7, 11) is 0. The maximum absolute atomic E-state index is 12.3. The molecule has 0 saturated carbocycles. The van der Waals surface area contributed by atoms with Crippen molar-refractivity contribution in [2.45, 2.75) is 17.3 Å². The highest BCUT2D eigenvalue weighted by Gasteiger charge is 2.23. The summed E-state index contributed by atoms with van der Waals surface area (Å²) in [5, 5.41) is 0.620. The molecular formula is C28H19Cl4N3O2S. The Hall–Kier alpha value is -2.87. The van der Waals surface area contributed by atoms with E-state index in [4.69, 9.17) is 61.9 Å². The van der Waals surface area contributed by atoms with Crippen LogP contribution in [0.1, 0.15) is 26.6 Å². The number of ether oxygens (including phenoxy) is 1. The first-order chi connectivity index (χ1) is 18.1. The summed E-state index contributed by atoms with van der Waals surface area (Å²) in [6.07, 6.45) is 0.392. The maximum atomic E-state index is 12.3. The lowest BCUT2D eigenvalue weighted by Gasteiger charge is -2.16. The van der Waals surface area contributed by atoms with Crippen molar-refractivity contribution in [3.63, 3.8) is 0 Å². The Morgan fingerprint density at radius 3 is 2.47 bits per heavy atom. The topological polar surface area (TPSA) is 78.1 Å². The minimum Gasteiger partial charge on any atom is -0.445 e. The van der Waals surface area contributed by atoms with Crippen LogP contribution in [0.3, 0.4) is 0 Å². The third-order valence-corrected chi connectivity index (χ3v) is 7.43. The van der Waals surface area contributed by atoms with Crippen molar-refractivity contribution < 1.29 is 9.53 Å². The van der Waals surface area contributed by atoms with E-state index in [0.29, 0.717) is 33.9 Å². The van der Waals surface area contributed by atoms with Crippen LogP contribution in [0.4, 0.5) is 0 Å². The molecule has 2 N–H and O–H groups in total. The summed E-state index contributed by atoms with van der Waals surface area (Å²) in [5.41, 5.74) is 11.2. The van der Waals surface area contributed by atoms with E-state index >= 15 is 0 Å². The molecule has 10 heteroatoms. The van der Waals surface area contributed by atoms with E-state index in [-0.39, 0.29) is 5.69 Å². The first kappa shape index (κ1) is 26.7. The van der Waals surface area contributed by atoms with Crippen LogP contribution in [-0.2, 0) is 6.42 Å². The number of para-hydroxylation sites is 1. The van der Waals surface area contributed by atoms with Crippen molar-refractivity contribution in [1.82, 2.24) is 9.97 Å². The number of carbonyl (C=O) groups excluding carboxylic acids is 1. The molecule has 5 nitrogen and oxygen atoms in total. The molecule has 5 rings (SSSR count). The number of carbonyl (C=O) groups is 1. The molecule has 0 fully saturated rings. The number of primary amides is 1. The normalized spacial score (nSPS) is 11.6. The zero-order chi connectivity index (χ0) is 27.0. The number of halogens is 4. The number of alkyl halides is 3. The molecule has 0 saturated heterocycles. The smallest absolute Gasteiger partial charge is 0.338 e. The van der Waals surface area contributed by atoms with Gasteiger partial charge in [0, 0.05) is 26.8 Å². The summed E-state index contributed by atoms with van der Waals surface area (Å²) in [6, 6.07) is 22.8. The number of hydrogen-bond acceptors (Lipinski definition) is 5. The van der Waals surface area contributed by atoms with Crippen molar-refractivity contribution in [2.75, 3.05) is 0 Å². The lowest BCUT2D eigenvalue weighted by atomic mass is 10.0. The molecule has 1 amide bonds. The Morgan fingerprint density at radius 1 is 0.974 bits per heavy atom. The molecule has 192 valence electrons. The number of fused-ring (bicyclic) bond motifs is 1. The molecule has 2 heterocycles. The Kier molecular flexibility index (Phi) is 7.54. The highest BCUT2D eigenvalue weighted by Crippen LogP contribution is 2.36. The number of amides is 1. The van der Waals surface area contributed by atoms with Gasteiger partial charge in [0.15, 0.2) is 5.69 Å². The van der Waals surface area contributed by atoms with Crippen LogP contribution in [0.2, 0.25) is 5.02 Å². The fourth-order valence-corrected chi connectivity index (χ4v) is 5.60. The number of rotatable bonds is 6. The molecule has 38 heavy (non-hydrogen) atoms. The molecular weight excluding hydrogens is 584 g/mol. The molecule has 0 radical (unpaired) electrons. The van der Waals surface area contributed by atoms with Crippen molar-refractivity contribution in [3.8, 4) is 27.3 Å². The summed E-state index contributed by atoms with van der Waals surface area (Å²) in [4.78, 5) is 23.8. The minimum absolute atomic E-state index is 0.153. The number of benzene rings is 3. The molecule has 0 aliphatic carbocycles. The van der Waals surface area contributed by atoms with E-state index in [1.54, 1.807) is 17.4 Å². The van der Waals surface area contributed by atoms with Crippen molar-refractivity contribution >= 4 is 74.7 Å². The monoisotopic (exact) mass is 601 g/mol. The molecule has 0 aliphatic heterocycles. The van der Waals surface area contributed by atoms with Gasteiger partial charge in [-0.1, -0.05) is 35.9 Å². The second kappa shape index (κ2) is 10.7. The van der Waals surface area contributed by atoms with Gasteiger partial charge in [0.2, 0.25) is 0 Å². The zero-order valence-electron chi connectivity index (χ0n) is 19.8. The number of hydrogen-bond donors (Lipinski definition) is 1. The second-order valence-corrected chi connectivity index (χ2v) is 12.3. The highest BCUT2D eigenvalue weighted by molar-refractivity contribution is 7.15. The van der Waals surface area contributed by atoms with Crippen LogP contribution < -0.4 is 10.5 Å². The van der Waals surface area contributed by atoms with E-state index in [9.17, 15) is 4.79 Å². The van der Waals surface area contributed by atoms with Crippen LogP contribution in [0.15, 0.2) is 72.8 Å². The average molecular weight is 603 g/mol. The molecule has 3 aromatic carbocycles. The summed E-state index contributed by atoms with van der Waals surface area (Å²) >= 11 is 25.1. The summed E-state index contributed by atoms with van der Waals surface area (Å²) < 4.78 is 3.52. The predicted octanol–water partition coefficient (Wildman–Crippen LogP) is 8.38. The van der Waals surface area contributed by atoms with E-state index < -0.39 is 9.89 Å². The zero-order valence-corrected chi connectivity index (χ0v) is 23.7. The van der Waals surface area contributed by atoms with Crippen LogP contribution in [0, 0.1) is 6.92 Å². The molecule has 0 spiro atoms. The largest absolute Gasteiger partial charge is 0.445 e. The van der Waals surface area contributed by atoms with Gasteiger partial charge >= 0.3 is 3.98 Å². The molecule has 0 aliphatic rings. The number of nitrogens with two attached hydrogens (primary N) is 1. The number of aryl methyl sites for hydroxylation is 1. The third kappa shape index (κ3) is 5.90. The Morgan fingerprint density at radius 2 is 1.76 bits per heavy atom. The number of aromatic nitrogens is 2. The summed E-state index contributed by atoms with van der Waals surface area (Å²) in [6.45, 7) is 1.88. The average Bonchev–Trinajstić information content (AvgIpc) is 3.32. The summed E-state index contributed by atoms with van der Waals surface area (Å²) in [5.74, 6) is -0.141. The van der Waals surface area contributed by atoms with Gasteiger partial charge in [-0.25, -0.2) is 9.97 Å². The lowest BCUT2D eigenvalue weighted by molar-refractivity contribution is 0.0994. The van der Waals surface area contributed by atoms with E-state index in [1.807, 2.05) is 73.7 Å². The fraction of sp³-hybridized carbons (Fsp3) is 0.107. The van der Waals surface area contributed by atoms with Crippen molar-refractivity contribution in [2.24, 2.45) is 5.73 Å². The van der Waals surface area contributed by atoms with Crippen LogP contribution in [-0.4, -0.2) is 19.9 Å². The lowest BCUT2D eigenvalue weighted by Crippen LogP contribution is -2.17. The Balaban J connectivity index is 1.50. The Bertz CT molecular complexity index is 1680. The predicted molar refractivity (Wildman–Crippen MR) is 157 cm³/mol. The molecule has 0 bridgehead atoms. The third-order valence-electron chi connectivity index (χ3n) is 5.82. The van der Waals surface area contributed by atoms with E-state index in [2.05, 4.69) is 4.98 Å². The van der Waals surface area contributed by atoms with E-state index in [1.165, 1.54) is 0 Å². The van der Waals surface area contributed by atoms with Gasteiger partial charge in [-0.05, 0) is 107 Å². The van der Waals surface area contributed by atoms with Gasteiger partial charge in [-0.15, -0.1) is 11.3 Å². The van der Waals surface area contributed by atoms with Gasteiger partial charge in [0.05, 0.1) is 16.7 Å². The van der Waals surface area contributed by atoms with Gasteiger partial charge in [0.1, 0.15) is 5.75 Å². The first-order valence-corrected chi connectivity index (χ1v) is 13.7. The SMILES string of the molecule is Cc1cc(-c2ccc(Cc3nc4c(-c5cccc(Cl)c5)cccc4nc3C(N)=O)s2)ccc1OC(Cl)(Cl)Cl. The van der Waals surface area contributed by atoms with Crippen LogP contribution >= 0.6 is 57.7 Å². The quantitative estimate of drug-likeness (QED) is 0.198. The Labute approximate surface area is 243 Å². The second-order valence-electron chi connectivity index (χ2n) is 8.54. The molecule has 2 aromatic heterocycles. The number of thiophene rings is 1. The fourth-order valence-electron chi connectivity index (χ4n) is 4.16. The van der Waals surface area contributed by atoms with Gasteiger partial charge in [-0.2, -0.15) is 0 Å². The molecule has 0 unspecified atom stereocenters. The minimum atomic E-state index is -1.84. The van der Waals surface area contributed by atoms with Crippen LogP contribution in [0.25, 0.3) is 32.6 Å². The standard InChI is InChI=1S/C28H19Cl4N3O2S/c1-15-12-17(8-10-23(15)37-28(30,31)32)24-11-9-19(38-24)14-22-26(27(33)36)34-21-7-3-6-20(25(21)35-22)16-4-2-5-18(29)13-16/h2-13H,14H2,1H3,(H2,33,36). The van der Waals surface area contributed by atoms with Crippen LogP contribution in [0.5, 0.6) is 5.75 Å². The molecule has 5 aromatic rings. The maximum Gasteiger partial charge on any atom is 0.338 e. The highest BCUT2D eigenvalue weighted by atomic mass is 35.6. The first-order valence-electron chi connectivity index (χ1n) is 11.4. The van der Waals surface area contributed by atoms with Gasteiger partial charge < -0.3 is 10.5 Å². The molecule has 0 atom stereocenters. The van der Waals surface area contributed by atoms with Gasteiger partial charge in [-0.3, -0.25) is 4.79 Å². The number of nitrogens with zero attached hydrogens (tertiary/aromatic N) is 2. The van der Waals surface area contributed by atoms with Crippen molar-refractivity contribution in [3.05, 3.63) is 99.6 Å².